The summed E-state index contributed by atoms with van der Waals surface area (Å²) in [5.74, 6) is 0.674. The van der Waals surface area contributed by atoms with E-state index in [1.54, 1.807) is 0 Å². The highest BCUT2D eigenvalue weighted by atomic mass is 16.6. The maximum absolute atomic E-state index is 10.8. The molecule has 3 N–H and O–H groups in total. The number of fused-ring (bicyclic) bond motifs is 1. The highest BCUT2D eigenvalue weighted by molar-refractivity contribution is 5.57. The lowest BCUT2D eigenvalue weighted by Gasteiger charge is -2.26. The molecule has 0 saturated carbocycles. The van der Waals surface area contributed by atoms with Gasteiger partial charge in [0.15, 0.2) is 17.6 Å². The van der Waals surface area contributed by atoms with Crippen molar-refractivity contribution in [2.45, 2.75) is 12.6 Å². The van der Waals surface area contributed by atoms with Crippen molar-refractivity contribution in [1.82, 2.24) is 0 Å². The Balaban J connectivity index is 2.48. The van der Waals surface area contributed by atoms with Crippen LogP contribution in [0.2, 0.25) is 0 Å². The van der Waals surface area contributed by atoms with Crippen molar-refractivity contribution in [3.05, 3.63) is 27.8 Å². The number of benzene rings is 1. The minimum atomic E-state index is -0.519. The van der Waals surface area contributed by atoms with Gasteiger partial charge in [-0.2, -0.15) is 0 Å². The van der Waals surface area contributed by atoms with E-state index >= 15 is 0 Å². The summed E-state index contributed by atoms with van der Waals surface area (Å²) in [6.45, 7) is -0.0293. The number of nitro groups is 1. The molecule has 7 nitrogen and oxygen atoms in total. The van der Waals surface area contributed by atoms with Crippen molar-refractivity contribution in [2.24, 2.45) is 5.73 Å². The Labute approximate surface area is 96.9 Å². The lowest BCUT2D eigenvalue weighted by Crippen LogP contribution is -2.33. The molecule has 0 radical (unpaired) electrons. The highest BCUT2D eigenvalue weighted by Gasteiger charge is 2.27. The quantitative estimate of drug-likeness (QED) is 0.576. The van der Waals surface area contributed by atoms with E-state index in [0.717, 1.165) is 0 Å². The van der Waals surface area contributed by atoms with Crippen LogP contribution in [0.25, 0.3) is 0 Å². The number of hydrogen-bond donors (Lipinski definition) is 2. The third-order valence-corrected chi connectivity index (χ3v) is 2.51. The van der Waals surface area contributed by atoms with Gasteiger partial charge in [0.1, 0.15) is 6.61 Å². The zero-order valence-electron chi connectivity index (χ0n) is 8.96. The first-order valence-corrected chi connectivity index (χ1v) is 5.08. The van der Waals surface area contributed by atoms with E-state index in [2.05, 4.69) is 0 Å². The number of ether oxygens (including phenoxy) is 2. The second kappa shape index (κ2) is 4.56. The van der Waals surface area contributed by atoms with Crippen molar-refractivity contribution in [3.63, 3.8) is 0 Å². The Morgan fingerprint density at radius 1 is 1.59 bits per heavy atom. The molecule has 1 aromatic rings. The van der Waals surface area contributed by atoms with Crippen LogP contribution < -0.4 is 15.2 Å². The minimum Gasteiger partial charge on any atom is -0.486 e. The van der Waals surface area contributed by atoms with E-state index in [-0.39, 0.29) is 36.8 Å². The summed E-state index contributed by atoms with van der Waals surface area (Å²) in [6.07, 6.45) is -0.519. The summed E-state index contributed by atoms with van der Waals surface area (Å²) >= 11 is 0. The average Bonchev–Trinajstić information content (AvgIpc) is 2.36. The van der Waals surface area contributed by atoms with Crippen LogP contribution in [-0.2, 0) is 6.54 Å². The maximum Gasteiger partial charge on any atom is 0.277 e. The smallest absolute Gasteiger partial charge is 0.277 e. The van der Waals surface area contributed by atoms with Crippen molar-refractivity contribution >= 4 is 5.69 Å². The van der Waals surface area contributed by atoms with Gasteiger partial charge in [-0.05, 0) is 6.07 Å². The van der Waals surface area contributed by atoms with E-state index in [1.165, 1.54) is 12.1 Å². The molecule has 17 heavy (non-hydrogen) atoms. The lowest BCUT2D eigenvalue weighted by atomic mass is 10.1. The van der Waals surface area contributed by atoms with Gasteiger partial charge in [0.2, 0.25) is 0 Å². The molecule has 0 bridgehead atoms. The SMILES string of the molecule is NCc1c([N+](=O)[O-])ccc2c1OC(CO)CO2. The van der Waals surface area contributed by atoms with E-state index in [4.69, 9.17) is 20.3 Å². The predicted molar refractivity (Wildman–Crippen MR) is 58.0 cm³/mol. The Kier molecular flexibility index (Phi) is 3.12. The fraction of sp³-hybridized carbons (Fsp3) is 0.400. The molecule has 1 unspecified atom stereocenters. The van der Waals surface area contributed by atoms with Crippen LogP contribution in [0.5, 0.6) is 11.5 Å². The Hall–Kier alpha value is -1.86. The van der Waals surface area contributed by atoms with E-state index < -0.39 is 11.0 Å². The van der Waals surface area contributed by atoms with Crippen LogP contribution in [0.15, 0.2) is 12.1 Å². The van der Waals surface area contributed by atoms with Gasteiger partial charge in [0, 0.05) is 12.6 Å². The number of nitro benzene ring substituents is 1. The summed E-state index contributed by atoms with van der Waals surface area (Å²) in [6, 6.07) is 2.81. The molecule has 7 heteroatoms. The number of aliphatic hydroxyl groups is 1. The molecule has 0 aromatic heterocycles. The summed E-state index contributed by atoms with van der Waals surface area (Å²) in [5, 5.41) is 19.8. The molecule has 1 heterocycles. The monoisotopic (exact) mass is 240 g/mol. The van der Waals surface area contributed by atoms with Crippen molar-refractivity contribution in [2.75, 3.05) is 13.2 Å². The molecule has 1 aromatic carbocycles. The first kappa shape index (κ1) is 11.6. The van der Waals surface area contributed by atoms with Crippen LogP contribution in [0.4, 0.5) is 5.69 Å². The average molecular weight is 240 g/mol. The predicted octanol–water partition coefficient (Wildman–Crippen LogP) is 0.186. The number of aliphatic hydroxyl groups excluding tert-OH is 1. The van der Waals surface area contributed by atoms with Gasteiger partial charge in [-0.15, -0.1) is 0 Å². The molecule has 0 aliphatic carbocycles. The Morgan fingerprint density at radius 3 is 2.94 bits per heavy atom. The van der Waals surface area contributed by atoms with Crippen molar-refractivity contribution in [1.29, 1.82) is 0 Å². The summed E-state index contributed by atoms with van der Waals surface area (Å²) < 4.78 is 10.8. The van der Waals surface area contributed by atoms with Crippen molar-refractivity contribution < 1.29 is 19.5 Å². The summed E-state index contributed by atoms with van der Waals surface area (Å²) in [5.41, 5.74) is 5.68. The summed E-state index contributed by atoms with van der Waals surface area (Å²) in [4.78, 5) is 10.3. The molecular weight excluding hydrogens is 228 g/mol. The molecule has 1 atom stereocenters. The molecule has 0 fully saturated rings. The molecule has 1 aliphatic heterocycles. The number of nitrogens with two attached hydrogens (primary N) is 1. The van der Waals surface area contributed by atoms with Crippen LogP contribution in [0.1, 0.15) is 5.56 Å². The van der Waals surface area contributed by atoms with E-state index in [9.17, 15) is 10.1 Å². The van der Waals surface area contributed by atoms with Crippen LogP contribution in [-0.4, -0.2) is 29.3 Å². The van der Waals surface area contributed by atoms with Crippen LogP contribution >= 0.6 is 0 Å². The number of nitrogens with zero attached hydrogens (tertiary/aromatic N) is 1. The third kappa shape index (κ3) is 2.02. The minimum absolute atomic E-state index is 0.0268. The van der Waals surface area contributed by atoms with Crippen molar-refractivity contribution in [3.8, 4) is 11.5 Å². The molecule has 0 amide bonds. The number of rotatable bonds is 3. The lowest BCUT2D eigenvalue weighted by molar-refractivity contribution is -0.385. The molecule has 0 spiro atoms. The molecular formula is C10H12N2O5. The van der Waals surface area contributed by atoms with Gasteiger partial charge < -0.3 is 20.3 Å². The zero-order valence-corrected chi connectivity index (χ0v) is 8.96. The maximum atomic E-state index is 10.8. The van der Waals surface area contributed by atoms with Gasteiger partial charge >= 0.3 is 0 Å². The van der Waals surface area contributed by atoms with E-state index in [0.29, 0.717) is 5.75 Å². The highest BCUT2D eigenvalue weighted by Crippen LogP contribution is 2.39. The Morgan fingerprint density at radius 2 is 2.35 bits per heavy atom. The fourth-order valence-electron chi connectivity index (χ4n) is 1.68. The molecule has 1 aliphatic rings. The van der Waals surface area contributed by atoms with Gasteiger partial charge in [0.25, 0.3) is 5.69 Å². The molecule has 0 saturated heterocycles. The van der Waals surface area contributed by atoms with Gasteiger partial charge in [-0.1, -0.05) is 0 Å². The van der Waals surface area contributed by atoms with Gasteiger partial charge in [0.05, 0.1) is 17.1 Å². The Bertz CT molecular complexity index is 449. The largest absolute Gasteiger partial charge is 0.486 e. The standard InChI is InChI=1S/C10H12N2O5/c11-3-7-8(12(14)15)1-2-9-10(7)17-6(4-13)5-16-9/h1-2,6,13H,3-5,11H2. The normalized spacial score (nSPS) is 17.9. The third-order valence-electron chi connectivity index (χ3n) is 2.51. The number of hydrogen-bond acceptors (Lipinski definition) is 6. The van der Waals surface area contributed by atoms with Crippen LogP contribution in [0.3, 0.4) is 0 Å². The fourth-order valence-corrected chi connectivity index (χ4v) is 1.68. The molecule has 92 valence electrons. The second-order valence-corrected chi connectivity index (χ2v) is 3.59. The van der Waals surface area contributed by atoms with Gasteiger partial charge in [-0.3, -0.25) is 10.1 Å². The zero-order chi connectivity index (χ0) is 12.4. The topological polar surface area (TPSA) is 108 Å². The van der Waals surface area contributed by atoms with Crippen LogP contribution in [0, 0.1) is 10.1 Å². The second-order valence-electron chi connectivity index (χ2n) is 3.59. The first-order valence-electron chi connectivity index (χ1n) is 5.08. The first-order chi connectivity index (χ1) is 8.17. The van der Waals surface area contributed by atoms with Gasteiger partial charge in [-0.25, -0.2) is 0 Å². The molecule has 2 rings (SSSR count). The van der Waals surface area contributed by atoms with E-state index in [1.807, 2.05) is 0 Å². The summed E-state index contributed by atoms with van der Waals surface area (Å²) in [7, 11) is 0.